The van der Waals surface area contributed by atoms with Crippen molar-refractivity contribution in [1.29, 1.82) is 0 Å². The Morgan fingerprint density at radius 1 is 1.32 bits per heavy atom. The fraction of sp³-hybridized carbons (Fsp3) is 0.250. The van der Waals surface area contributed by atoms with Gasteiger partial charge in [-0.05, 0) is 32.4 Å². The van der Waals surface area contributed by atoms with E-state index in [1.165, 1.54) is 0 Å². The number of phenols is 1. The van der Waals surface area contributed by atoms with Crippen LogP contribution in [-0.4, -0.2) is 26.9 Å². The number of rotatable bonds is 4. The highest BCUT2D eigenvalue weighted by Crippen LogP contribution is 2.40. The molecule has 0 saturated carbocycles. The number of hydrogen-bond donors (Lipinski definition) is 2. The highest BCUT2D eigenvalue weighted by atomic mass is 32.1. The van der Waals surface area contributed by atoms with E-state index in [1.54, 1.807) is 23.6 Å². The lowest BCUT2D eigenvalue weighted by Gasteiger charge is -2.11. The van der Waals surface area contributed by atoms with E-state index in [9.17, 15) is 5.11 Å². The van der Waals surface area contributed by atoms with Crippen LogP contribution in [0.3, 0.4) is 0 Å². The first-order valence-corrected chi connectivity index (χ1v) is 7.90. The predicted molar refractivity (Wildman–Crippen MR) is 87.4 cm³/mol. The third-order valence-electron chi connectivity index (χ3n) is 3.34. The van der Waals surface area contributed by atoms with Crippen LogP contribution in [0.4, 0.5) is 0 Å². The Kier molecular flexibility index (Phi) is 3.85. The van der Waals surface area contributed by atoms with Gasteiger partial charge in [0, 0.05) is 22.7 Å². The van der Waals surface area contributed by atoms with Gasteiger partial charge in [0.2, 0.25) is 0 Å². The summed E-state index contributed by atoms with van der Waals surface area (Å²) in [6.07, 6.45) is 1.74. The fourth-order valence-corrected chi connectivity index (χ4v) is 3.24. The lowest BCUT2D eigenvalue weighted by atomic mass is 10.0. The van der Waals surface area contributed by atoms with Gasteiger partial charge in [0.15, 0.2) is 0 Å². The zero-order valence-corrected chi connectivity index (χ0v) is 13.5. The molecule has 0 radical (unpaired) electrons. The number of H-pyrrole nitrogens is 1. The van der Waals surface area contributed by atoms with Gasteiger partial charge in [-0.1, -0.05) is 0 Å². The molecule has 0 spiro atoms. The SMILES string of the molecule is CCOc1cc(C)c(-c2[nH]ncc2-c2nc(C)cs2)c(O)c1. The Morgan fingerprint density at radius 3 is 2.77 bits per heavy atom. The largest absolute Gasteiger partial charge is 0.507 e. The third kappa shape index (κ3) is 2.57. The summed E-state index contributed by atoms with van der Waals surface area (Å²) in [5, 5.41) is 20.4. The van der Waals surface area contributed by atoms with E-state index in [0.717, 1.165) is 33.1 Å². The van der Waals surface area contributed by atoms with Crippen molar-refractivity contribution in [1.82, 2.24) is 15.2 Å². The molecule has 0 aliphatic heterocycles. The van der Waals surface area contributed by atoms with E-state index in [0.29, 0.717) is 12.4 Å². The van der Waals surface area contributed by atoms with Gasteiger partial charge in [-0.15, -0.1) is 11.3 Å². The van der Waals surface area contributed by atoms with Gasteiger partial charge in [-0.25, -0.2) is 4.98 Å². The lowest BCUT2D eigenvalue weighted by Crippen LogP contribution is -1.94. The Hall–Kier alpha value is -2.34. The minimum absolute atomic E-state index is 0.169. The van der Waals surface area contributed by atoms with Crippen LogP contribution in [0.5, 0.6) is 11.5 Å². The van der Waals surface area contributed by atoms with Crippen LogP contribution in [-0.2, 0) is 0 Å². The molecular formula is C16H17N3O2S. The number of phenolic OH excluding ortho intramolecular Hbond substituents is 1. The van der Waals surface area contributed by atoms with Crippen molar-refractivity contribution >= 4 is 11.3 Å². The number of benzene rings is 1. The van der Waals surface area contributed by atoms with Crippen LogP contribution < -0.4 is 4.74 Å². The molecule has 1 aromatic carbocycles. The van der Waals surface area contributed by atoms with Crippen molar-refractivity contribution in [2.75, 3.05) is 6.61 Å². The van der Waals surface area contributed by atoms with E-state index in [2.05, 4.69) is 15.2 Å². The van der Waals surface area contributed by atoms with Crippen LogP contribution in [0.1, 0.15) is 18.2 Å². The minimum Gasteiger partial charge on any atom is -0.507 e. The van der Waals surface area contributed by atoms with Crippen molar-refractivity contribution in [2.24, 2.45) is 0 Å². The number of aromatic nitrogens is 3. The van der Waals surface area contributed by atoms with Crippen LogP contribution in [0, 0.1) is 13.8 Å². The number of aryl methyl sites for hydroxylation is 2. The average molecular weight is 315 g/mol. The molecule has 5 nitrogen and oxygen atoms in total. The highest BCUT2D eigenvalue weighted by molar-refractivity contribution is 7.13. The molecular weight excluding hydrogens is 298 g/mol. The number of aromatic amines is 1. The molecule has 2 aromatic heterocycles. The molecule has 2 N–H and O–H groups in total. The van der Waals surface area contributed by atoms with Crippen molar-refractivity contribution in [3.63, 3.8) is 0 Å². The molecule has 0 fully saturated rings. The summed E-state index contributed by atoms with van der Waals surface area (Å²) in [5.41, 5.74) is 4.28. The van der Waals surface area contributed by atoms with Gasteiger partial charge in [0.25, 0.3) is 0 Å². The second kappa shape index (κ2) is 5.81. The summed E-state index contributed by atoms with van der Waals surface area (Å²) in [6.45, 7) is 6.37. The Bertz CT molecular complexity index is 784. The quantitative estimate of drug-likeness (QED) is 0.765. The second-order valence-electron chi connectivity index (χ2n) is 5.02. The predicted octanol–water partition coefficient (Wildman–Crippen LogP) is 3.92. The van der Waals surface area contributed by atoms with Crippen molar-refractivity contribution in [3.05, 3.63) is 35.0 Å². The first-order valence-electron chi connectivity index (χ1n) is 7.02. The van der Waals surface area contributed by atoms with E-state index in [1.807, 2.05) is 32.2 Å². The van der Waals surface area contributed by atoms with E-state index in [-0.39, 0.29) is 5.75 Å². The second-order valence-corrected chi connectivity index (χ2v) is 5.88. The normalized spacial score (nSPS) is 10.9. The van der Waals surface area contributed by atoms with Crippen LogP contribution >= 0.6 is 11.3 Å². The molecule has 0 aliphatic carbocycles. The summed E-state index contributed by atoms with van der Waals surface area (Å²) >= 11 is 1.56. The van der Waals surface area contributed by atoms with E-state index in [4.69, 9.17) is 4.74 Å². The highest BCUT2D eigenvalue weighted by Gasteiger charge is 2.18. The average Bonchev–Trinajstić information content (AvgIpc) is 3.07. The molecule has 0 unspecified atom stereocenters. The van der Waals surface area contributed by atoms with Gasteiger partial charge in [-0.3, -0.25) is 5.10 Å². The molecule has 22 heavy (non-hydrogen) atoms. The first kappa shape index (κ1) is 14.6. The first-order chi connectivity index (χ1) is 10.6. The summed E-state index contributed by atoms with van der Waals surface area (Å²) in [7, 11) is 0. The van der Waals surface area contributed by atoms with Gasteiger partial charge < -0.3 is 9.84 Å². The summed E-state index contributed by atoms with van der Waals surface area (Å²) in [6, 6.07) is 3.54. The molecule has 0 aliphatic rings. The van der Waals surface area contributed by atoms with Crippen molar-refractivity contribution in [2.45, 2.75) is 20.8 Å². The van der Waals surface area contributed by atoms with Gasteiger partial charge in [-0.2, -0.15) is 5.10 Å². The Labute approximate surface area is 132 Å². The summed E-state index contributed by atoms with van der Waals surface area (Å²) in [4.78, 5) is 4.50. The van der Waals surface area contributed by atoms with E-state index >= 15 is 0 Å². The van der Waals surface area contributed by atoms with Gasteiger partial charge in [0.05, 0.1) is 24.1 Å². The monoisotopic (exact) mass is 315 g/mol. The number of ether oxygens (including phenoxy) is 1. The minimum atomic E-state index is 0.169. The molecule has 3 aromatic rings. The van der Waals surface area contributed by atoms with Crippen molar-refractivity contribution in [3.8, 4) is 33.3 Å². The molecule has 0 amide bonds. The standard InChI is InChI=1S/C16H17N3O2S/c1-4-21-11-5-9(2)14(13(20)6-11)15-12(7-17-19-15)16-18-10(3)8-22-16/h5-8,20H,4H2,1-3H3,(H,17,19). The number of nitrogens with one attached hydrogen (secondary N) is 1. The zero-order chi connectivity index (χ0) is 15.7. The van der Waals surface area contributed by atoms with Crippen LogP contribution in [0.25, 0.3) is 21.8 Å². The van der Waals surface area contributed by atoms with Gasteiger partial charge >= 0.3 is 0 Å². The molecule has 2 heterocycles. The maximum Gasteiger partial charge on any atom is 0.128 e. The maximum absolute atomic E-state index is 10.4. The van der Waals surface area contributed by atoms with Crippen LogP contribution in [0.15, 0.2) is 23.7 Å². The molecule has 6 heteroatoms. The number of nitrogens with zero attached hydrogens (tertiary/aromatic N) is 2. The van der Waals surface area contributed by atoms with E-state index < -0.39 is 0 Å². The van der Waals surface area contributed by atoms with Crippen molar-refractivity contribution < 1.29 is 9.84 Å². The molecule has 0 saturated heterocycles. The lowest BCUT2D eigenvalue weighted by molar-refractivity contribution is 0.337. The molecule has 0 atom stereocenters. The maximum atomic E-state index is 10.4. The van der Waals surface area contributed by atoms with Gasteiger partial charge in [0.1, 0.15) is 16.5 Å². The molecule has 114 valence electrons. The smallest absolute Gasteiger partial charge is 0.128 e. The molecule has 0 bridgehead atoms. The summed E-state index contributed by atoms with van der Waals surface area (Å²) in [5.74, 6) is 0.828. The Balaban J connectivity index is 2.11. The number of hydrogen-bond acceptors (Lipinski definition) is 5. The third-order valence-corrected chi connectivity index (χ3v) is 4.33. The number of aromatic hydroxyl groups is 1. The topological polar surface area (TPSA) is 71.0 Å². The van der Waals surface area contributed by atoms with Crippen LogP contribution in [0.2, 0.25) is 0 Å². The summed E-state index contributed by atoms with van der Waals surface area (Å²) < 4.78 is 5.46. The Morgan fingerprint density at radius 2 is 2.14 bits per heavy atom. The number of thiazole rings is 1. The zero-order valence-electron chi connectivity index (χ0n) is 12.7. The fourth-order valence-electron chi connectivity index (χ4n) is 2.43. The molecule has 3 rings (SSSR count).